The van der Waals surface area contributed by atoms with Gasteiger partial charge in [0.25, 0.3) is 5.91 Å². The lowest BCUT2D eigenvalue weighted by atomic mass is 9.96. The predicted molar refractivity (Wildman–Crippen MR) is 92.5 cm³/mol. The van der Waals surface area contributed by atoms with Crippen LogP contribution in [0.25, 0.3) is 0 Å². The molecular formula is C18H28N2O4. The molecule has 5 N–H and O–H groups in total. The van der Waals surface area contributed by atoms with Gasteiger partial charge in [-0.25, -0.2) is 4.79 Å². The van der Waals surface area contributed by atoms with Gasteiger partial charge in [-0.2, -0.15) is 0 Å². The molecule has 0 fully saturated rings. The number of carboxylic acid groups (broad SMARTS) is 1. The zero-order valence-electron chi connectivity index (χ0n) is 14.5. The summed E-state index contributed by atoms with van der Waals surface area (Å²) in [5.74, 6) is -1.76. The fourth-order valence-corrected chi connectivity index (χ4v) is 2.61. The monoisotopic (exact) mass is 336 g/mol. The van der Waals surface area contributed by atoms with Crippen LogP contribution in [0.1, 0.15) is 38.3 Å². The van der Waals surface area contributed by atoms with E-state index in [9.17, 15) is 14.7 Å². The van der Waals surface area contributed by atoms with Crippen LogP contribution >= 0.6 is 0 Å². The molecule has 0 aliphatic heterocycles. The minimum Gasteiger partial charge on any atom is -0.480 e. The molecule has 0 saturated carbocycles. The Labute approximate surface area is 143 Å². The second kappa shape index (κ2) is 9.39. The lowest BCUT2D eigenvalue weighted by molar-refractivity contribution is -0.144. The number of carbonyl (C=O) groups excluding carboxylic acids is 1. The number of hydrogen-bond acceptors (Lipinski definition) is 4. The number of aliphatic carboxylic acids is 1. The average Bonchev–Trinajstić information content (AvgIpc) is 2.53. The molecule has 2 unspecified atom stereocenters. The summed E-state index contributed by atoms with van der Waals surface area (Å²) in [7, 11) is 0. The summed E-state index contributed by atoms with van der Waals surface area (Å²) in [6.07, 6.45) is 0.0204. The van der Waals surface area contributed by atoms with Gasteiger partial charge in [0.05, 0.1) is 0 Å². The smallest absolute Gasteiger partial charge is 0.326 e. The molecule has 24 heavy (non-hydrogen) atoms. The second-order valence-corrected chi connectivity index (χ2v) is 6.46. The molecule has 1 amide bonds. The van der Waals surface area contributed by atoms with Gasteiger partial charge in [-0.05, 0) is 36.3 Å². The van der Waals surface area contributed by atoms with Crippen LogP contribution in [0.5, 0.6) is 0 Å². The Balaban J connectivity index is 2.71. The highest BCUT2D eigenvalue weighted by molar-refractivity contribution is 5.86. The molecule has 0 aliphatic rings. The van der Waals surface area contributed by atoms with E-state index in [1.807, 2.05) is 45.0 Å². The summed E-state index contributed by atoms with van der Waals surface area (Å²) >= 11 is 0. The Kier molecular flexibility index (Phi) is 7.88. The number of aliphatic hydroxyl groups is 1. The SMILES string of the molecule is CCc1ccccc1CC(N)C(O)C(=O)N[C@@H](CC(C)C)C(=O)O. The van der Waals surface area contributed by atoms with Crippen molar-refractivity contribution in [2.45, 2.75) is 58.2 Å². The first-order valence-corrected chi connectivity index (χ1v) is 8.29. The molecule has 0 aliphatic carbocycles. The third kappa shape index (κ3) is 5.94. The van der Waals surface area contributed by atoms with Crippen molar-refractivity contribution in [1.82, 2.24) is 5.32 Å². The first kappa shape index (κ1) is 20.1. The summed E-state index contributed by atoms with van der Waals surface area (Å²) < 4.78 is 0. The Morgan fingerprint density at radius 2 is 1.79 bits per heavy atom. The molecule has 1 aromatic rings. The van der Waals surface area contributed by atoms with Crippen LogP contribution < -0.4 is 11.1 Å². The molecule has 1 aromatic carbocycles. The lowest BCUT2D eigenvalue weighted by Gasteiger charge is -2.22. The minimum absolute atomic E-state index is 0.105. The second-order valence-electron chi connectivity index (χ2n) is 6.46. The van der Waals surface area contributed by atoms with Crippen LogP contribution in [0.4, 0.5) is 0 Å². The Bertz CT molecular complexity index is 560. The fourth-order valence-electron chi connectivity index (χ4n) is 2.61. The van der Waals surface area contributed by atoms with Crippen molar-refractivity contribution >= 4 is 11.9 Å². The average molecular weight is 336 g/mol. The number of benzene rings is 1. The van der Waals surface area contributed by atoms with Crippen molar-refractivity contribution in [3.63, 3.8) is 0 Å². The molecule has 0 bridgehead atoms. The summed E-state index contributed by atoms with van der Waals surface area (Å²) in [5.41, 5.74) is 8.07. The van der Waals surface area contributed by atoms with Gasteiger partial charge in [-0.15, -0.1) is 0 Å². The molecule has 0 spiro atoms. The van der Waals surface area contributed by atoms with Gasteiger partial charge in [0.1, 0.15) is 12.1 Å². The summed E-state index contributed by atoms with van der Waals surface area (Å²) in [6, 6.07) is 5.89. The van der Waals surface area contributed by atoms with Crippen molar-refractivity contribution < 1.29 is 19.8 Å². The van der Waals surface area contributed by atoms with E-state index >= 15 is 0 Å². The molecule has 6 heteroatoms. The summed E-state index contributed by atoms with van der Waals surface area (Å²) in [5, 5.41) is 21.7. The fraction of sp³-hybridized carbons (Fsp3) is 0.556. The number of nitrogens with two attached hydrogens (primary N) is 1. The van der Waals surface area contributed by atoms with Crippen LogP contribution in [0.15, 0.2) is 24.3 Å². The largest absolute Gasteiger partial charge is 0.480 e. The van der Waals surface area contributed by atoms with E-state index in [0.29, 0.717) is 12.8 Å². The van der Waals surface area contributed by atoms with Crippen molar-refractivity contribution in [3.8, 4) is 0 Å². The molecule has 0 heterocycles. The third-order valence-corrected chi connectivity index (χ3v) is 3.95. The number of carboxylic acids is 1. The van der Waals surface area contributed by atoms with Gasteiger partial charge in [0.2, 0.25) is 0 Å². The topological polar surface area (TPSA) is 113 Å². The van der Waals surface area contributed by atoms with E-state index in [4.69, 9.17) is 10.8 Å². The number of carbonyl (C=O) groups is 2. The summed E-state index contributed by atoms with van der Waals surface area (Å²) in [6.45, 7) is 5.76. The highest BCUT2D eigenvalue weighted by atomic mass is 16.4. The minimum atomic E-state index is -1.45. The quantitative estimate of drug-likeness (QED) is 0.539. The number of hydrogen-bond donors (Lipinski definition) is 4. The Morgan fingerprint density at radius 3 is 2.29 bits per heavy atom. The third-order valence-electron chi connectivity index (χ3n) is 3.95. The molecule has 0 saturated heterocycles. The number of amides is 1. The zero-order chi connectivity index (χ0) is 18.3. The number of aliphatic hydroxyl groups excluding tert-OH is 1. The van der Waals surface area contributed by atoms with Crippen LogP contribution in [0.2, 0.25) is 0 Å². The van der Waals surface area contributed by atoms with Gasteiger partial charge in [0, 0.05) is 6.04 Å². The van der Waals surface area contributed by atoms with Crippen LogP contribution in [-0.2, 0) is 22.4 Å². The maximum absolute atomic E-state index is 12.1. The van der Waals surface area contributed by atoms with Crippen LogP contribution in [-0.4, -0.2) is 40.3 Å². The van der Waals surface area contributed by atoms with Gasteiger partial charge in [-0.3, -0.25) is 4.79 Å². The van der Waals surface area contributed by atoms with E-state index in [-0.39, 0.29) is 5.92 Å². The van der Waals surface area contributed by atoms with E-state index in [1.165, 1.54) is 0 Å². The van der Waals surface area contributed by atoms with Crippen molar-refractivity contribution in [3.05, 3.63) is 35.4 Å². The number of nitrogens with one attached hydrogen (secondary N) is 1. The molecule has 1 rings (SSSR count). The zero-order valence-corrected chi connectivity index (χ0v) is 14.5. The normalized spacial score (nSPS) is 14.9. The van der Waals surface area contributed by atoms with E-state index in [1.54, 1.807) is 0 Å². The Morgan fingerprint density at radius 1 is 1.21 bits per heavy atom. The molecule has 134 valence electrons. The van der Waals surface area contributed by atoms with Gasteiger partial charge >= 0.3 is 5.97 Å². The van der Waals surface area contributed by atoms with Gasteiger partial charge in [-0.1, -0.05) is 45.0 Å². The molecule has 0 aromatic heterocycles. The van der Waals surface area contributed by atoms with E-state index < -0.39 is 30.1 Å². The van der Waals surface area contributed by atoms with Crippen molar-refractivity contribution in [1.29, 1.82) is 0 Å². The highest BCUT2D eigenvalue weighted by Gasteiger charge is 2.28. The predicted octanol–water partition coefficient (Wildman–Crippen LogP) is 1.10. The van der Waals surface area contributed by atoms with Crippen LogP contribution in [0, 0.1) is 5.92 Å². The van der Waals surface area contributed by atoms with E-state index in [2.05, 4.69) is 5.32 Å². The van der Waals surface area contributed by atoms with Crippen LogP contribution in [0.3, 0.4) is 0 Å². The first-order valence-electron chi connectivity index (χ1n) is 8.29. The molecular weight excluding hydrogens is 308 g/mol. The lowest BCUT2D eigenvalue weighted by Crippen LogP contribution is -2.52. The molecule has 3 atom stereocenters. The van der Waals surface area contributed by atoms with Crippen molar-refractivity contribution in [2.75, 3.05) is 0 Å². The standard InChI is InChI=1S/C18H28N2O4/c1-4-12-7-5-6-8-13(12)10-14(19)16(21)17(22)20-15(18(23)24)9-11(2)3/h5-8,11,14-16,21H,4,9-10,19H2,1-3H3,(H,20,22)(H,23,24)/t14?,15-,16?/m0/s1. The molecule has 6 nitrogen and oxygen atoms in total. The Hall–Kier alpha value is -1.92. The first-order chi connectivity index (χ1) is 11.3. The van der Waals surface area contributed by atoms with E-state index in [0.717, 1.165) is 17.5 Å². The summed E-state index contributed by atoms with van der Waals surface area (Å²) in [4.78, 5) is 23.3. The number of rotatable bonds is 9. The van der Waals surface area contributed by atoms with Crippen molar-refractivity contribution in [2.24, 2.45) is 11.7 Å². The highest BCUT2D eigenvalue weighted by Crippen LogP contribution is 2.13. The maximum Gasteiger partial charge on any atom is 0.326 e. The maximum atomic E-state index is 12.1. The number of aryl methyl sites for hydroxylation is 1. The molecule has 0 radical (unpaired) electrons. The van der Waals surface area contributed by atoms with Gasteiger partial charge in [0.15, 0.2) is 0 Å². The van der Waals surface area contributed by atoms with Gasteiger partial charge < -0.3 is 21.3 Å².